The number of benzene rings is 1. The van der Waals surface area contributed by atoms with Gasteiger partial charge in [-0.2, -0.15) is 5.10 Å². The molecule has 2 aromatic rings. The number of nitrogens with zero attached hydrogens (tertiary/aromatic N) is 2. The third-order valence-corrected chi connectivity index (χ3v) is 5.51. The molecule has 1 aliphatic carbocycles. The van der Waals surface area contributed by atoms with Gasteiger partial charge in [-0.25, -0.2) is 0 Å². The zero-order valence-electron chi connectivity index (χ0n) is 14.9. The molecule has 0 radical (unpaired) electrons. The number of piperidine rings is 1. The number of aryl methyl sites for hydroxylation is 1. The highest BCUT2D eigenvalue weighted by atomic mass is 16.5. The summed E-state index contributed by atoms with van der Waals surface area (Å²) in [7, 11) is 1.68. The van der Waals surface area contributed by atoms with Crippen molar-refractivity contribution >= 4 is 5.91 Å². The Morgan fingerprint density at radius 3 is 3.00 bits per heavy atom. The van der Waals surface area contributed by atoms with E-state index in [4.69, 9.17) is 4.74 Å². The van der Waals surface area contributed by atoms with Crippen LogP contribution in [0.25, 0.3) is 0 Å². The maximum atomic E-state index is 12.9. The van der Waals surface area contributed by atoms with E-state index in [0.717, 1.165) is 49.5 Å². The zero-order chi connectivity index (χ0) is 17.4. The Bertz CT molecular complexity index is 770. The third kappa shape index (κ3) is 3.28. The Morgan fingerprint density at radius 1 is 1.36 bits per heavy atom. The molecular formula is C20H25N3O2. The number of carbonyl (C=O) groups excluding carboxylic acids is 1. The van der Waals surface area contributed by atoms with Crippen molar-refractivity contribution < 1.29 is 9.53 Å². The second-order valence-corrected chi connectivity index (χ2v) is 7.32. The highest BCUT2D eigenvalue weighted by Crippen LogP contribution is 2.49. The van der Waals surface area contributed by atoms with E-state index < -0.39 is 0 Å². The molecule has 1 aliphatic heterocycles. The second kappa shape index (κ2) is 6.54. The molecule has 0 bridgehead atoms. The Labute approximate surface area is 148 Å². The SMILES string of the molecule is COc1cccc(C2CC2C(=O)N2CCCC(c3cc(C)[nH]n3)C2)c1. The van der Waals surface area contributed by atoms with Crippen LogP contribution >= 0.6 is 0 Å². The van der Waals surface area contributed by atoms with Gasteiger partial charge in [-0.1, -0.05) is 12.1 Å². The molecule has 2 heterocycles. The van der Waals surface area contributed by atoms with E-state index in [9.17, 15) is 4.79 Å². The maximum absolute atomic E-state index is 12.9. The van der Waals surface area contributed by atoms with Crippen molar-refractivity contribution in [1.29, 1.82) is 0 Å². The minimum Gasteiger partial charge on any atom is -0.497 e. The summed E-state index contributed by atoms with van der Waals surface area (Å²) in [6, 6.07) is 10.2. The van der Waals surface area contributed by atoms with Gasteiger partial charge in [-0.3, -0.25) is 9.89 Å². The van der Waals surface area contributed by atoms with Crippen LogP contribution in [0.4, 0.5) is 0 Å². The van der Waals surface area contributed by atoms with Gasteiger partial charge in [-0.05, 0) is 55.9 Å². The number of ether oxygens (including phenoxy) is 1. The summed E-state index contributed by atoms with van der Waals surface area (Å²) in [4.78, 5) is 15.0. The Kier molecular flexibility index (Phi) is 4.24. The van der Waals surface area contributed by atoms with Gasteiger partial charge in [0.2, 0.25) is 5.91 Å². The lowest BCUT2D eigenvalue weighted by Gasteiger charge is -2.32. The number of methoxy groups -OCH3 is 1. The van der Waals surface area contributed by atoms with Gasteiger partial charge in [0.05, 0.1) is 12.8 Å². The first-order valence-electron chi connectivity index (χ1n) is 9.10. The van der Waals surface area contributed by atoms with Gasteiger partial charge < -0.3 is 9.64 Å². The number of H-pyrrole nitrogens is 1. The number of likely N-dealkylation sites (tertiary alicyclic amines) is 1. The van der Waals surface area contributed by atoms with E-state index in [1.165, 1.54) is 5.56 Å². The van der Waals surface area contributed by atoms with E-state index in [-0.39, 0.29) is 5.92 Å². The number of rotatable bonds is 4. The van der Waals surface area contributed by atoms with Gasteiger partial charge in [0.1, 0.15) is 5.75 Å². The standard InChI is InChI=1S/C20H25N3O2/c1-13-9-19(22-21-13)15-6-4-8-23(12-15)20(24)18-11-17(18)14-5-3-7-16(10-14)25-2/h3,5,7,9-10,15,17-18H,4,6,8,11-12H2,1-2H3,(H,21,22). The van der Waals surface area contributed by atoms with Crippen molar-refractivity contribution in [3.05, 3.63) is 47.3 Å². The van der Waals surface area contributed by atoms with Crippen molar-refractivity contribution in [3.8, 4) is 5.75 Å². The maximum Gasteiger partial charge on any atom is 0.226 e. The van der Waals surface area contributed by atoms with Crippen molar-refractivity contribution in [1.82, 2.24) is 15.1 Å². The first-order valence-corrected chi connectivity index (χ1v) is 9.10. The van der Waals surface area contributed by atoms with Crippen LogP contribution in [0.2, 0.25) is 0 Å². The summed E-state index contributed by atoms with van der Waals surface area (Å²) in [5.41, 5.74) is 3.39. The van der Waals surface area contributed by atoms with E-state index in [0.29, 0.717) is 17.7 Å². The molecule has 1 aromatic carbocycles. The van der Waals surface area contributed by atoms with Gasteiger partial charge in [0.25, 0.3) is 0 Å². The second-order valence-electron chi connectivity index (χ2n) is 7.32. The number of aromatic amines is 1. The highest BCUT2D eigenvalue weighted by Gasteiger charge is 2.46. The Balaban J connectivity index is 1.41. The van der Waals surface area contributed by atoms with Gasteiger partial charge in [0, 0.05) is 30.6 Å². The number of hydrogen-bond donors (Lipinski definition) is 1. The normalized spacial score (nSPS) is 25.7. The molecule has 4 rings (SSSR count). The van der Waals surface area contributed by atoms with E-state index >= 15 is 0 Å². The average molecular weight is 339 g/mol. The zero-order valence-corrected chi connectivity index (χ0v) is 14.9. The minimum atomic E-state index is 0.131. The van der Waals surface area contributed by atoms with E-state index in [2.05, 4.69) is 33.3 Å². The first kappa shape index (κ1) is 16.2. The van der Waals surface area contributed by atoms with Crippen LogP contribution in [0.1, 0.15) is 48.0 Å². The van der Waals surface area contributed by atoms with Crippen LogP contribution in [-0.4, -0.2) is 41.2 Å². The predicted octanol–water partition coefficient (Wildman–Crippen LogP) is 3.24. The van der Waals surface area contributed by atoms with Crippen molar-refractivity contribution in [2.45, 2.75) is 38.0 Å². The summed E-state index contributed by atoms with van der Waals surface area (Å²) in [5.74, 6) is 2.01. The Hall–Kier alpha value is -2.30. The van der Waals surface area contributed by atoms with Crippen LogP contribution in [0.3, 0.4) is 0 Å². The molecule has 1 saturated carbocycles. The van der Waals surface area contributed by atoms with Crippen LogP contribution in [0, 0.1) is 12.8 Å². The third-order valence-electron chi connectivity index (χ3n) is 5.51. The monoisotopic (exact) mass is 339 g/mol. The molecule has 1 N–H and O–H groups in total. The number of carbonyl (C=O) groups is 1. The van der Waals surface area contributed by atoms with Crippen molar-refractivity contribution in [3.63, 3.8) is 0 Å². The van der Waals surface area contributed by atoms with Gasteiger partial charge in [-0.15, -0.1) is 0 Å². The fourth-order valence-electron chi connectivity index (χ4n) is 4.01. The molecule has 2 fully saturated rings. The smallest absolute Gasteiger partial charge is 0.226 e. The quantitative estimate of drug-likeness (QED) is 0.930. The fraction of sp³-hybridized carbons (Fsp3) is 0.500. The molecule has 0 spiro atoms. The molecule has 25 heavy (non-hydrogen) atoms. The molecule has 1 amide bonds. The topological polar surface area (TPSA) is 58.2 Å². The van der Waals surface area contributed by atoms with Crippen LogP contribution < -0.4 is 4.74 Å². The van der Waals surface area contributed by atoms with Gasteiger partial charge in [0.15, 0.2) is 0 Å². The van der Waals surface area contributed by atoms with Crippen molar-refractivity contribution in [2.75, 3.05) is 20.2 Å². The van der Waals surface area contributed by atoms with Gasteiger partial charge >= 0.3 is 0 Å². The molecular weight excluding hydrogens is 314 g/mol. The minimum absolute atomic E-state index is 0.131. The summed E-state index contributed by atoms with van der Waals surface area (Å²) in [6.45, 7) is 3.69. The number of amides is 1. The molecule has 2 aliphatic rings. The van der Waals surface area contributed by atoms with Crippen LogP contribution in [-0.2, 0) is 4.79 Å². The fourth-order valence-corrected chi connectivity index (χ4v) is 4.01. The largest absolute Gasteiger partial charge is 0.497 e. The number of nitrogens with one attached hydrogen (secondary N) is 1. The molecule has 5 heteroatoms. The molecule has 1 saturated heterocycles. The molecule has 3 unspecified atom stereocenters. The molecule has 5 nitrogen and oxygen atoms in total. The predicted molar refractivity (Wildman–Crippen MR) is 95.7 cm³/mol. The first-order chi connectivity index (χ1) is 12.2. The van der Waals surface area contributed by atoms with Crippen molar-refractivity contribution in [2.24, 2.45) is 5.92 Å². The summed E-state index contributed by atoms with van der Waals surface area (Å²) in [6.07, 6.45) is 3.12. The molecule has 132 valence electrons. The summed E-state index contributed by atoms with van der Waals surface area (Å²) >= 11 is 0. The lowest BCUT2D eigenvalue weighted by atomic mass is 9.94. The van der Waals surface area contributed by atoms with E-state index in [1.54, 1.807) is 7.11 Å². The summed E-state index contributed by atoms with van der Waals surface area (Å²) in [5, 5.41) is 7.42. The number of hydrogen-bond acceptors (Lipinski definition) is 3. The lowest BCUT2D eigenvalue weighted by molar-refractivity contribution is -0.133. The van der Waals surface area contributed by atoms with E-state index in [1.807, 2.05) is 19.1 Å². The molecule has 1 aromatic heterocycles. The average Bonchev–Trinajstić information content (AvgIpc) is 3.34. The summed E-state index contributed by atoms with van der Waals surface area (Å²) < 4.78 is 5.30. The molecule has 3 atom stereocenters. The highest BCUT2D eigenvalue weighted by molar-refractivity contribution is 5.83. The lowest BCUT2D eigenvalue weighted by Crippen LogP contribution is -2.40. The van der Waals surface area contributed by atoms with Crippen LogP contribution in [0.5, 0.6) is 5.75 Å². The van der Waals surface area contributed by atoms with Crippen LogP contribution in [0.15, 0.2) is 30.3 Å². The Morgan fingerprint density at radius 2 is 2.24 bits per heavy atom. The number of aromatic nitrogens is 2.